The molecule has 0 aliphatic heterocycles. The molecule has 0 aliphatic carbocycles. The minimum Gasteiger partial charge on any atom is -0.330 e. The van der Waals surface area contributed by atoms with E-state index in [1.807, 2.05) is 11.5 Å². The Morgan fingerprint density at radius 3 is 3.17 bits per heavy atom. The summed E-state index contributed by atoms with van der Waals surface area (Å²) in [5.74, 6) is 4.55. The van der Waals surface area contributed by atoms with Crippen LogP contribution in [-0.4, -0.2) is 10.5 Å². The molecule has 0 aromatic carbocycles. The first-order valence-corrected chi connectivity index (χ1v) is 3.32. The van der Waals surface area contributed by atoms with Crippen LogP contribution in [0.2, 0.25) is 0 Å². The summed E-state index contributed by atoms with van der Waals surface area (Å²) in [4.78, 5) is 10.8. The lowest BCUT2D eigenvalue weighted by atomic mass is 10.4. The maximum Gasteiger partial charge on any atom is 0.253 e. The number of carbonyl (C=O) groups excluding carboxylic acids is 1. The second kappa shape index (κ2) is 3.55. The highest BCUT2D eigenvalue weighted by atomic mass is 16.2. The lowest BCUT2D eigenvalue weighted by Crippen LogP contribution is -2.33. The van der Waals surface area contributed by atoms with E-state index in [1.165, 1.54) is 4.57 Å². The Hall–Kier alpha value is -1.80. The zero-order valence-corrected chi connectivity index (χ0v) is 6.32. The molecular weight excluding hydrogens is 156 g/mol. The Labute approximate surface area is 69.4 Å². The average Bonchev–Trinajstić information content (AvgIpc) is 2.51. The smallest absolute Gasteiger partial charge is 0.253 e. The Kier molecular flexibility index (Phi) is 2.46. The molecule has 0 spiro atoms. The van der Waals surface area contributed by atoms with Crippen LogP contribution >= 0.6 is 0 Å². The van der Waals surface area contributed by atoms with Gasteiger partial charge in [-0.05, 0) is 12.1 Å². The maximum atomic E-state index is 10.8. The van der Waals surface area contributed by atoms with Gasteiger partial charge in [-0.3, -0.25) is 10.2 Å². The van der Waals surface area contributed by atoms with E-state index in [-0.39, 0.29) is 12.5 Å². The molecule has 5 nitrogen and oxygen atoms in total. The monoisotopic (exact) mass is 164 g/mol. The summed E-state index contributed by atoms with van der Waals surface area (Å²) in [5, 5.41) is 8.56. The van der Waals surface area contributed by atoms with Crippen molar-refractivity contribution in [2.24, 2.45) is 5.84 Å². The van der Waals surface area contributed by atoms with Gasteiger partial charge in [0.1, 0.15) is 18.3 Å². The predicted octanol–water partition coefficient (Wildman–Crippen LogP) is -0.650. The van der Waals surface area contributed by atoms with Crippen molar-refractivity contribution in [1.82, 2.24) is 9.99 Å². The molecule has 1 amide bonds. The van der Waals surface area contributed by atoms with Gasteiger partial charge in [-0.2, -0.15) is 5.26 Å². The quantitative estimate of drug-likeness (QED) is 0.346. The first kappa shape index (κ1) is 8.30. The zero-order valence-electron chi connectivity index (χ0n) is 6.32. The largest absolute Gasteiger partial charge is 0.330 e. The third-order valence-corrected chi connectivity index (χ3v) is 1.42. The number of hydrazine groups is 1. The number of hydrogen-bond acceptors (Lipinski definition) is 3. The molecule has 0 radical (unpaired) electrons. The molecule has 62 valence electrons. The molecule has 12 heavy (non-hydrogen) atoms. The topological polar surface area (TPSA) is 83.8 Å². The first-order valence-electron chi connectivity index (χ1n) is 3.32. The van der Waals surface area contributed by atoms with Crippen LogP contribution in [-0.2, 0) is 11.3 Å². The fourth-order valence-electron chi connectivity index (χ4n) is 0.854. The van der Waals surface area contributed by atoms with Crippen molar-refractivity contribution in [2.45, 2.75) is 6.54 Å². The predicted molar refractivity (Wildman–Crippen MR) is 41.5 cm³/mol. The van der Waals surface area contributed by atoms with E-state index in [9.17, 15) is 4.79 Å². The summed E-state index contributed by atoms with van der Waals surface area (Å²) >= 11 is 0. The molecule has 1 rings (SSSR count). The van der Waals surface area contributed by atoms with Crippen molar-refractivity contribution in [3.05, 3.63) is 24.0 Å². The molecular formula is C7H8N4O. The molecule has 0 atom stereocenters. The third-order valence-electron chi connectivity index (χ3n) is 1.42. The molecule has 0 bridgehead atoms. The Morgan fingerprint density at radius 2 is 2.58 bits per heavy atom. The van der Waals surface area contributed by atoms with Crippen LogP contribution in [0.3, 0.4) is 0 Å². The highest BCUT2D eigenvalue weighted by Gasteiger charge is 2.03. The molecule has 1 aromatic rings. The van der Waals surface area contributed by atoms with Gasteiger partial charge in [-0.25, -0.2) is 5.84 Å². The molecule has 0 saturated carbocycles. The highest BCUT2D eigenvalue weighted by Crippen LogP contribution is 1.98. The molecule has 0 fully saturated rings. The van der Waals surface area contributed by atoms with Gasteiger partial charge in [0, 0.05) is 6.20 Å². The molecule has 0 saturated heterocycles. The summed E-state index contributed by atoms with van der Waals surface area (Å²) in [6.45, 7) is 0.0758. The van der Waals surface area contributed by atoms with Gasteiger partial charge in [0.2, 0.25) is 0 Å². The number of nitrogens with zero attached hydrogens (tertiary/aromatic N) is 2. The Morgan fingerprint density at radius 1 is 1.83 bits per heavy atom. The van der Waals surface area contributed by atoms with Crippen molar-refractivity contribution in [3.8, 4) is 6.07 Å². The fraction of sp³-hybridized carbons (Fsp3) is 0.143. The van der Waals surface area contributed by atoms with Crippen LogP contribution in [0.5, 0.6) is 0 Å². The second-order valence-corrected chi connectivity index (χ2v) is 2.20. The van der Waals surface area contributed by atoms with Gasteiger partial charge in [0.25, 0.3) is 5.91 Å². The number of nitrogens with one attached hydrogen (secondary N) is 1. The van der Waals surface area contributed by atoms with Gasteiger partial charge in [0.15, 0.2) is 0 Å². The second-order valence-electron chi connectivity index (χ2n) is 2.20. The number of aromatic nitrogens is 1. The van der Waals surface area contributed by atoms with Crippen LogP contribution in [0.1, 0.15) is 5.69 Å². The van der Waals surface area contributed by atoms with Crippen molar-refractivity contribution < 1.29 is 4.79 Å². The van der Waals surface area contributed by atoms with Crippen LogP contribution in [0.15, 0.2) is 18.3 Å². The first-order chi connectivity index (χ1) is 5.77. The average molecular weight is 164 g/mol. The van der Waals surface area contributed by atoms with Crippen molar-refractivity contribution >= 4 is 5.91 Å². The van der Waals surface area contributed by atoms with E-state index in [0.29, 0.717) is 5.69 Å². The van der Waals surface area contributed by atoms with Crippen molar-refractivity contribution in [3.63, 3.8) is 0 Å². The lowest BCUT2D eigenvalue weighted by molar-refractivity contribution is -0.121. The number of rotatable bonds is 2. The van der Waals surface area contributed by atoms with Crippen molar-refractivity contribution in [1.29, 1.82) is 5.26 Å². The van der Waals surface area contributed by atoms with Crippen LogP contribution in [0, 0.1) is 11.3 Å². The Balaban J connectivity index is 2.76. The molecule has 1 aromatic heterocycles. The van der Waals surface area contributed by atoms with E-state index in [1.54, 1.807) is 18.3 Å². The van der Waals surface area contributed by atoms with Crippen molar-refractivity contribution in [2.75, 3.05) is 0 Å². The number of amides is 1. The van der Waals surface area contributed by atoms with E-state index in [0.717, 1.165) is 0 Å². The van der Waals surface area contributed by atoms with Gasteiger partial charge in [-0.1, -0.05) is 0 Å². The van der Waals surface area contributed by atoms with E-state index >= 15 is 0 Å². The molecule has 0 unspecified atom stereocenters. The number of nitrogens with two attached hydrogens (primary N) is 1. The SMILES string of the molecule is N#Cc1cccn1CC(=O)NN. The zero-order chi connectivity index (χ0) is 8.97. The maximum absolute atomic E-state index is 10.8. The number of carbonyl (C=O) groups is 1. The van der Waals surface area contributed by atoms with Gasteiger partial charge in [0.05, 0.1) is 0 Å². The van der Waals surface area contributed by atoms with Crippen LogP contribution in [0.4, 0.5) is 0 Å². The highest BCUT2D eigenvalue weighted by molar-refractivity contribution is 5.75. The summed E-state index contributed by atoms with van der Waals surface area (Å²) in [7, 11) is 0. The van der Waals surface area contributed by atoms with E-state index < -0.39 is 0 Å². The summed E-state index contributed by atoms with van der Waals surface area (Å²) in [6, 6.07) is 5.27. The molecule has 5 heteroatoms. The van der Waals surface area contributed by atoms with E-state index in [2.05, 4.69) is 0 Å². The van der Waals surface area contributed by atoms with Crippen LogP contribution < -0.4 is 11.3 Å². The molecule has 0 aliphatic rings. The van der Waals surface area contributed by atoms with Gasteiger partial charge < -0.3 is 4.57 Å². The normalized spacial score (nSPS) is 9.00. The summed E-state index contributed by atoms with van der Waals surface area (Å²) in [5.41, 5.74) is 2.43. The van der Waals surface area contributed by atoms with Gasteiger partial charge >= 0.3 is 0 Å². The standard InChI is InChI=1S/C7H8N4O/c8-4-6-2-1-3-11(6)5-7(12)10-9/h1-3H,5,9H2,(H,10,12). The minimum atomic E-state index is -0.331. The third kappa shape index (κ3) is 1.62. The Bertz CT molecular complexity index is 322. The number of nitriles is 1. The summed E-state index contributed by atoms with van der Waals surface area (Å²) < 4.78 is 1.52. The lowest BCUT2D eigenvalue weighted by Gasteiger charge is -2.01. The summed E-state index contributed by atoms with van der Waals surface area (Å²) in [6.07, 6.45) is 1.65. The molecule has 3 N–H and O–H groups in total. The van der Waals surface area contributed by atoms with E-state index in [4.69, 9.17) is 11.1 Å². The molecule has 1 heterocycles. The fourth-order valence-corrected chi connectivity index (χ4v) is 0.854. The number of hydrogen-bond donors (Lipinski definition) is 2. The van der Waals surface area contributed by atoms with Gasteiger partial charge in [-0.15, -0.1) is 0 Å². The minimum absolute atomic E-state index is 0.0758. The van der Waals surface area contributed by atoms with Crippen LogP contribution in [0.25, 0.3) is 0 Å².